The molecule has 12 heteroatoms. The highest BCUT2D eigenvalue weighted by atomic mass is 32.2. The van der Waals surface area contributed by atoms with E-state index in [0.29, 0.717) is 18.7 Å². The lowest BCUT2D eigenvalue weighted by Crippen LogP contribution is -2.31. The van der Waals surface area contributed by atoms with Gasteiger partial charge in [0.2, 0.25) is 15.9 Å². The summed E-state index contributed by atoms with van der Waals surface area (Å²) in [5.41, 5.74) is 3.12. The maximum Gasteiger partial charge on any atom is 0.573 e. The molecule has 0 heterocycles. The number of rotatable bonds is 8. The Bertz CT molecular complexity index is 1390. The highest BCUT2D eigenvalue weighted by Gasteiger charge is 2.31. The number of ether oxygens (including phenoxy) is 1. The molecule has 0 bridgehead atoms. The normalized spacial score (nSPS) is 13.3. The highest BCUT2D eigenvalue weighted by Crippen LogP contribution is 2.29. The van der Waals surface area contributed by atoms with E-state index in [2.05, 4.69) is 10.1 Å². The van der Waals surface area contributed by atoms with E-state index in [1.54, 1.807) is 36.2 Å². The Balaban J connectivity index is 0.000000326. The minimum atomic E-state index is -4.63. The molecule has 1 fully saturated rings. The number of carbonyl (C=O) groups excluding carboxylic acids is 2. The number of hydrogen-bond acceptors (Lipinski definition) is 6. The van der Waals surface area contributed by atoms with Crippen LogP contribution in [0.4, 0.5) is 13.2 Å². The fraction of sp³-hybridized carbons (Fsp3) is 0.333. The summed E-state index contributed by atoms with van der Waals surface area (Å²) in [6.45, 7) is 3.06. The molecule has 3 N–H and O–H groups in total. The van der Waals surface area contributed by atoms with E-state index < -0.39 is 16.4 Å². The van der Waals surface area contributed by atoms with Gasteiger partial charge < -0.3 is 19.7 Å². The zero-order valence-corrected chi connectivity index (χ0v) is 24.4. The van der Waals surface area contributed by atoms with Gasteiger partial charge >= 0.3 is 6.36 Å². The van der Waals surface area contributed by atoms with Crippen molar-refractivity contribution >= 4 is 22.7 Å². The molecule has 1 aliphatic carbocycles. The van der Waals surface area contributed by atoms with Crippen molar-refractivity contribution in [3.63, 3.8) is 0 Å². The minimum absolute atomic E-state index is 0.112. The molecule has 0 saturated heterocycles. The van der Waals surface area contributed by atoms with Gasteiger partial charge in [-0.3, -0.25) is 4.79 Å². The van der Waals surface area contributed by atoms with Crippen LogP contribution in [0.3, 0.4) is 0 Å². The van der Waals surface area contributed by atoms with E-state index in [1.807, 2.05) is 38.1 Å². The Morgan fingerprint density at radius 2 is 1.62 bits per heavy atom. The maximum atomic E-state index is 12.4. The van der Waals surface area contributed by atoms with Crippen LogP contribution in [-0.4, -0.2) is 46.5 Å². The van der Waals surface area contributed by atoms with Crippen LogP contribution in [-0.2, 0) is 32.7 Å². The molecule has 42 heavy (non-hydrogen) atoms. The van der Waals surface area contributed by atoms with Crippen LogP contribution < -0.4 is 15.2 Å². The second-order valence-electron chi connectivity index (χ2n) is 9.64. The second-order valence-corrected chi connectivity index (χ2v) is 11.2. The monoisotopic (exact) mass is 607 g/mol. The van der Waals surface area contributed by atoms with Gasteiger partial charge in [-0.15, -0.1) is 13.2 Å². The number of hydrogen-bond donors (Lipinski definition) is 2. The SMILES string of the molecule is C=O.CN(Cc1ccc(-c2ccccc2S(N)(=O)=O)cc1)C(=O)C1CCCC1.CNCc1cccc(OC(F)(F)F)c1. The van der Waals surface area contributed by atoms with Crippen molar-refractivity contribution in [2.24, 2.45) is 11.1 Å². The zero-order valence-electron chi connectivity index (χ0n) is 23.6. The maximum absolute atomic E-state index is 12.4. The average molecular weight is 608 g/mol. The molecule has 0 radical (unpaired) electrons. The molecule has 8 nitrogen and oxygen atoms in total. The van der Waals surface area contributed by atoms with Crippen molar-refractivity contribution in [3.8, 4) is 16.9 Å². The lowest BCUT2D eigenvalue weighted by Gasteiger charge is -2.21. The lowest BCUT2D eigenvalue weighted by molar-refractivity contribution is -0.274. The second kappa shape index (κ2) is 16.0. The summed E-state index contributed by atoms with van der Waals surface area (Å²) < 4.78 is 62.8. The predicted molar refractivity (Wildman–Crippen MR) is 155 cm³/mol. The number of nitrogens with one attached hydrogen (secondary N) is 1. The summed E-state index contributed by atoms with van der Waals surface area (Å²) in [7, 11) is -0.227. The summed E-state index contributed by atoms with van der Waals surface area (Å²) in [6.07, 6.45) is -0.359. The van der Waals surface area contributed by atoms with E-state index in [9.17, 15) is 26.4 Å². The van der Waals surface area contributed by atoms with Crippen molar-refractivity contribution in [3.05, 3.63) is 83.9 Å². The summed E-state index contributed by atoms with van der Waals surface area (Å²) in [5.74, 6) is 0.192. The van der Waals surface area contributed by atoms with Crippen LogP contribution in [0.1, 0.15) is 36.8 Å². The average Bonchev–Trinajstić information content (AvgIpc) is 3.49. The van der Waals surface area contributed by atoms with Crippen LogP contribution in [0.15, 0.2) is 77.7 Å². The van der Waals surface area contributed by atoms with Crippen LogP contribution in [0.5, 0.6) is 5.75 Å². The van der Waals surface area contributed by atoms with Crippen molar-refractivity contribution in [1.82, 2.24) is 10.2 Å². The molecule has 4 rings (SSSR count). The van der Waals surface area contributed by atoms with Crippen LogP contribution >= 0.6 is 0 Å². The number of sulfonamides is 1. The Hall–Kier alpha value is -3.74. The van der Waals surface area contributed by atoms with Gasteiger partial charge in [-0.25, -0.2) is 13.6 Å². The summed E-state index contributed by atoms with van der Waals surface area (Å²) >= 11 is 0. The minimum Gasteiger partial charge on any atom is -0.406 e. The number of nitrogens with zero attached hydrogens (tertiary/aromatic N) is 1. The zero-order chi connectivity index (χ0) is 31.3. The van der Waals surface area contributed by atoms with Gasteiger partial charge in [-0.05, 0) is 54.8 Å². The van der Waals surface area contributed by atoms with Gasteiger partial charge in [0.25, 0.3) is 0 Å². The van der Waals surface area contributed by atoms with E-state index in [4.69, 9.17) is 9.93 Å². The molecule has 0 unspecified atom stereocenters. The first-order valence-electron chi connectivity index (χ1n) is 13.1. The number of alkyl halides is 3. The first-order chi connectivity index (χ1) is 19.9. The van der Waals surface area contributed by atoms with E-state index in [0.717, 1.165) is 42.4 Å². The van der Waals surface area contributed by atoms with Crippen molar-refractivity contribution < 1.29 is 35.9 Å². The van der Waals surface area contributed by atoms with E-state index in [1.165, 1.54) is 24.3 Å². The van der Waals surface area contributed by atoms with Crippen molar-refractivity contribution in [1.29, 1.82) is 0 Å². The third-order valence-corrected chi connectivity index (χ3v) is 7.44. The Morgan fingerprint density at radius 3 is 2.19 bits per heavy atom. The molecule has 0 atom stereocenters. The smallest absolute Gasteiger partial charge is 0.406 e. The number of amides is 1. The molecule has 0 aromatic heterocycles. The van der Waals surface area contributed by atoms with Gasteiger partial charge in [0.05, 0.1) is 4.90 Å². The Morgan fingerprint density at radius 1 is 1.00 bits per heavy atom. The largest absolute Gasteiger partial charge is 0.573 e. The van der Waals surface area contributed by atoms with Crippen molar-refractivity contribution in [2.45, 2.75) is 50.0 Å². The molecule has 3 aromatic rings. The molecule has 1 aliphatic rings. The van der Waals surface area contributed by atoms with Crippen LogP contribution in [0.2, 0.25) is 0 Å². The summed E-state index contributed by atoms with van der Waals surface area (Å²) in [5, 5.41) is 8.15. The van der Waals surface area contributed by atoms with E-state index >= 15 is 0 Å². The van der Waals surface area contributed by atoms with E-state index in [-0.39, 0.29) is 22.5 Å². The lowest BCUT2D eigenvalue weighted by atomic mass is 10.0. The highest BCUT2D eigenvalue weighted by molar-refractivity contribution is 7.89. The molecule has 3 aromatic carbocycles. The fourth-order valence-electron chi connectivity index (χ4n) is 4.64. The number of nitrogens with two attached hydrogens (primary N) is 1. The first kappa shape index (κ1) is 34.5. The molecular formula is C30H36F3N3O5S. The Kier molecular flexibility index (Phi) is 13.2. The number of benzene rings is 3. The number of primary sulfonamides is 1. The molecule has 228 valence electrons. The van der Waals surface area contributed by atoms with Gasteiger partial charge in [-0.2, -0.15) is 0 Å². The predicted octanol–water partition coefficient (Wildman–Crippen LogP) is 5.27. The van der Waals surface area contributed by atoms with Crippen LogP contribution in [0, 0.1) is 5.92 Å². The molecule has 1 amide bonds. The number of halogens is 3. The van der Waals surface area contributed by atoms with Gasteiger partial charge in [0.1, 0.15) is 12.5 Å². The summed E-state index contributed by atoms with van der Waals surface area (Å²) in [4.78, 5) is 22.3. The third kappa shape index (κ3) is 10.9. The molecule has 0 spiro atoms. The molecule has 0 aliphatic heterocycles. The van der Waals surface area contributed by atoms with Crippen LogP contribution in [0.25, 0.3) is 11.1 Å². The first-order valence-corrected chi connectivity index (χ1v) is 14.7. The molecular weight excluding hydrogens is 571 g/mol. The van der Waals surface area contributed by atoms with Gasteiger partial charge in [0.15, 0.2) is 0 Å². The van der Waals surface area contributed by atoms with Gasteiger partial charge in [-0.1, -0.05) is 67.4 Å². The Labute approximate surface area is 244 Å². The standard InChI is InChI=1S/C20H24N2O3S.C9H10F3NO.CH2O/c1-22(20(23)17-6-2-3-7-17)14-15-10-12-16(13-11-15)18-8-4-5-9-19(18)26(21,24)25;1-13-6-7-3-2-4-8(5-7)14-9(10,11)12;1-2/h4-5,8-13,17H,2-3,6-7,14H2,1H3,(H2,21,24,25);2-5,13H,6H2,1H3;1H2. The third-order valence-electron chi connectivity index (χ3n) is 6.47. The van der Waals surface area contributed by atoms with Crippen molar-refractivity contribution in [2.75, 3.05) is 14.1 Å². The summed E-state index contributed by atoms with van der Waals surface area (Å²) in [6, 6.07) is 20.1. The quantitative estimate of drug-likeness (QED) is 0.360. The van der Waals surface area contributed by atoms with Gasteiger partial charge in [0, 0.05) is 31.6 Å². The topological polar surface area (TPSA) is 119 Å². The number of carbonyl (C=O) groups is 2. The fourth-order valence-corrected chi connectivity index (χ4v) is 5.40. The molecule has 1 saturated carbocycles.